The van der Waals surface area contributed by atoms with Gasteiger partial charge in [-0.05, 0) is 25.1 Å². The van der Waals surface area contributed by atoms with Crippen molar-refractivity contribution >= 4 is 11.4 Å². The molecule has 1 N–H and O–H groups in total. The van der Waals surface area contributed by atoms with Gasteiger partial charge in [-0.15, -0.1) is 0 Å². The minimum atomic E-state index is -0.844. The Bertz CT molecular complexity index is 612. The first-order valence-corrected chi connectivity index (χ1v) is 5.67. The van der Waals surface area contributed by atoms with Crippen LogP contribution in [0.1, 0.15) is 18.7 Å². The fourth-order valence-corrected chi connectivity index (χ4v) is 1.88. The van der Waals surface area contributed by atoms with E-state index in [4.69, 9.17) is 0 Å². The highest BCUT2D eigenvalue weighted by atomic mass is 19.1. The van der Waals surface area contributed by atoms with Gasteiger partial charge in [0.05, 0.1) is 16.7 Å². The van der Waals surface area contributed by atoms with Crippen LogP contribution in [-0.4, -0.2) is 14.7 Å². The SMILES string of the molecule is CC(Nc1ccc(F)c([N+](=O)[O-])c1)c1ccnn1C. The van der Waals surface area contributed by atoms with E-state index in [2.05, 4.69) is 10.4 Å². The van der Waals surface area contributed by atoms with Crippen LogP contribution >= 0.6 is 0 Å². The molecule has 1 unspecified atom stereocenters. The Morgan fingerprint density at radius 1 is 1.47 bits per heavy atom. The van der Waals surface area contributed by atoms with Crippen molar-refractivity contribution in [2.75, 3.05) is 5.32 Å². The second-order valence-electron chi connectivity index (χ2n) is 4.17. The minimum Gasteiger partial charge on any atom is -0.377 e. The summed E-state index contributed by atoms with van der Waals surface area (Å²) in [6.45, 7) is 1.90. The van der Waals surface area contributed by atoms with Gasteiger partial charge in [0, 0.05) is 25.0 Å². The molecule has 0 saturated heterocycles. The van der Waals surface area contributed by atoms with Crippen molar-refractivity contribution in [3.05, 3.63) is 52.1 Å². The zero-order valence-electron chi connectivity index (χ0n) is 10.5. The van der Waals surface area contributed by atoms with E-state index in [-0.39, 0.29) is 6.04 Å². The van der Waals surface area contributed by atoms with Gasteiger partial charge in [0.2, 0.25) is 5.82 Å². The summed E-state index contributed by atoms with van der Waals surface area (Å²) in [5.74, 6) is -0.844. The van der Waals surface area contributed by atoms with Gasteiger partial charge in [0.25, 0.3) is 0 Å². The highest BCUT2D eigenvalue weighted by molar-refractivity contribution is 5.52. The molecule has 0 bridgehead atoms. The Hall–Kier alpha value is -2.44. The van der Waals surface area contributed by atoms with Gasteiger partial charge in [0.15, 0.2) is 0 Å². The van der Waals surface area contributed by atoms with Crippen molar-refractivity contribution in [3.8, 4) is 0 Å². The fraction of sp³-hybridized carbons (Fsp3) is 0.250. The first-order valence-electron chi connectivity index (χ1n) is 5.67. The Labute approximate surface area is 109 Å². The second-order valence-corrected chi connectivity index (χ2v) is 4.17. The molecule has 7 heteroatoms. The predicted octanol–water partition coefficient (Wildman–Crippen LogP) is 2.64. The van der Waals surface area contributed by atoms with Crippen molar-refractivity contribution in [3.63, 3.8) is 0 Å². The van der Waals surface area contributed by atoms with E-state index in [1.54, 1.807) is 17.9 Å². The summed E-state index contributed by atoms with van der Waals surface area (Å²) in [6, 6.07) is 5.47. The zero-order chi connectivity index (χ0) is 14.0. The van der Waals surface area contributed by atoms with E-state index in [1.165, 1.54) is 12.1 Å². The normalized spacial score (nSPS) is 12.2. The Balaban J connectivity index is 2.22. The summed E-state index contributed by atoms with van der Waals surface area (Å²) in [5.41, 5.74) is 0.871. The summed E-state index contributed by atoms with van der Waals surface area (Å²) in [6.07, 6.45) is 1.67. The molecule has 0 saturated carbocycles. The molecule has 1 heterocycles. The summed E-state index contributed by atoms with van der Waals surface area (Å²) in [5, 5.41) is 17.8. The lowest BCUT2D eigenvalue weighted by molar-refractivity contribution is -0.387. The van der Waals surface area contributed by atoms with Crippen LogP contribution in [0.5, 0.6) is 0 Å². The number of aryl methyl sites for hydroxylation is 1. The standard InChI is InChI=1S/C12H13FN4O2/c1-8(11-5-6-14-16(11)2)15-9-3-4-10(13)12(7-9)17(18)19/h3-8,15H,1-2H3. The van der Waals surface area contributed by atoms with Crippen LogP contribution in [0.15, 0.2) is 30.5 Å². The van der Waals surface area contributed by atoms with Crippen molar-refractivity contribution < 1.29 is 9.31 Å². The lowest BCUT2D eigenvalue weighted by atomic mass is 10.2. The van der Waals surface area contributed by atoms with Crippen LogP contribution < -0.4 is 5.32 Å². The van der Waals surface area contributed by atoms with E-state index >= 15 is 0 Å². The number of nitrogens with zero attached hydrogens (tertiary/aromatic N) is 3. The average Bonchev–Trinajstić information content (AvgIpc) is 2.77. The van der Waals surface area contributed by atoms with Crippen LogP contribution in [0.25, 0.3) is 0 Å². The minimum absolute atomic E-state index is 0.0995. The van der Waals surface area contributed by atoms with Gasteiger partial charge < -0.3 is 5.32 Å². The van der Waals surface area contributed by atoms with Gasteiger partial charge in [-0.3, -0.25) is 14.8 Å². The first-order chi connectivity index (χ1) is 8.99. The molecule has 2 rings (SSSR count). The largest absolute Gasteiger partial charge is 0.377 e. The topological polar surface area (TPSA) is 73.0 Å². The molecular weight excluding hydrogens is 251 g/mol. The van der Waals surface area contributed by atoms with Crippen molar-refractivity contribution in [1.82, 2.24) is 9.78 Å². The molecule has 0 fully saturated rings. The zero-order valence-corrected chi connectivity index (χ0v) is 10.5. The molecule has 1 aromatic heterocycles. The molecule has 100 valence electrons. The monoisotopic (exact) mass is 264 g/mol. The Morgan fingerprint density at radius 3 is 2.79 bits per heavy atom. The molecule has 0 spiro atoms. The quantitative estimate of drug-likeness (QED) is 0.680. The van der Waals surface area contributed by atoms with E-state index in [0.29, 0.717) is 5.69 Å². The van der Waals surface area contributed by atoms with E-state index in [9.17, 15) is 14.5 Å². The first kappa shape index (κ1) is 13.0. The molecule has 1 aromatic carbocycles. The third-order valence-corrected chi connectivity index (χ3v) is 2.83. The number of nitro groups is 1. The predicted molar refractivity (Wildman–Crippen MR) is 68.3 cm³/mol. The lowest BCUT2D eigenvalue weighted by Crippen LogP contribution is -2.11. The number of nitrogens with one attached hydrogen (secondary N) is 1. The van der Waals surface area contributed by atoms with E-state index in [1.807, 2.05) is 13.0 Å². The molecular formula is C12H13FN4O2. The Morgan fingerprint density at radius 2 is 2.21 bits per heavy atom. The van der Waals surface area contributed by atoms with Gasteiger partial charge in [-0.2, -0.15) is 9.49 Å². The maximum Gasteiger partial charge on any atom is 0.306 e. The fourth-order valence-electron chi connectivity index (χ4n) is 1.88. The van der Waals surface area contributed by atoms with E-state index < -0.39 is 16.4 Å². The molecule has 0 aliphatic carbocycles. The number of halogens is 1. The maximum absolute atomic E-state index is 13.2. The van der Waals surface area contributed by atoms with Crippen LogP contribution in [0.3, 0.4) is 0 Å². The number of rotatable bonds is 4. The number of benzene rings is 1. The van der Waals surface area contributed by atoms with Gasteiger partial charge in [-0.25, -0.2) is 0 Å². The van der Waals surface area contributed by atoms with Crippen LogP contribution in [0.4, 0.5) is 15.8 Å². The third kappa shape index (κ3) is 2.70. The average molecular weight is 264 g/mol. The smallest absolute Gasteiger partial charge is 0.306 e. The molecule has 19 heavy (non-hydrogen) atoms. The Kier molecular flexibility index (Phi) is 3.46. The molecule has 0 amide bonds. The molecule has 0 radical (unpaired) electrons. The lowest BCUT2D eigenvalue weighted by Gasteiger charge is -2.15. The number of anilines is 1. The van der Waals surface area contributed by atoms with Crippen molar-refractivity contribution in [2.24, 2.45) is 7.05 Å². The van der Waals surface area contributed by atoms with Crippen LogP contribution in [0, 0.1) is 15.9 Å². The van der Waals surface area contributed by atoms with Crippen molar-refractivity contribution in [2.45, 2.75) is 13.0 Å². The van der Waals surface area contributed by atoms with Gasteiger partial charge in [-0.1, -0.05) is 0 Å². The summed E-state index contributed by atoms with van der Waals surface area (Å²) in [4.78, 5) is 9.93. The molecule has 1 atom stereocenters. The molecule has 0 aliphatic rings. The highest BCUT2D eigenvalue weighted by Crippen LogP contribution is 2.24. The van der Waals surface area contributed by atoms with Crippen LogP contribution in [0.2, 0.25) is 0 Å². The summed E-state index contributed by atoms with van der Waals surface area (Å²) < 4.78 is 14.9. The number of hydrogen-bond donors (Lipinski definition) is 1. The molecule has 6 nitrogen and oxygen atoms in total. The maximum atomic E-state index is 13.2. The number of nitro benzene ring substituents is 1. The van der Waals surface area contributed by atoms with Gasteiger partial charge in [0.1, 0.15) is 0 Å². The highest BCUT2D eigenvalue weighted by Gasteiger charge is 2.16. The number of hydrogen-bond acceptors (Lipinski definition) is 4. The molecule has 2 aromatic rings. The third-order valence-electron chi connectivity index (χ3n) is 2.83. The second kappa shape index (κ2) is 5.05. The van der Waals surface area contributed by atoms with Crippen LogP contribution in [-0.2, 0) is 7.05 Å². The van der Waals surface area contributed by atoms with Crippen molar-refractivity contribution in [1.29, 1.82) is 0 Å². The summed E-state index contributed by atoms with van der Waals surface area (Å²) in [7, 11) is 1.81. The number of aromatic nitrogens is 2. The van der Waals surface area contributed by atoms with E-state index in [0.717, 1.165) is 11.8 Å². The molecule has 0 aliphatic heterocycles. The summed E-state index contributed by atoms with van der Waals surface area (Å²) >= 11 is 0. The van der Waals surface area contributed by atoms with Gasteiger partial charge >= 0.3 is 5.69 Å².